The van der Waals surface area contributed by atoms with E-state index in [9.17, 15) is 35.1 Å². The third kappa shape index (κ3) is 3.20. The third-order valence-electron chi connectivity index (χ3n) is 1.72. The van der Waals surface area contributed by atoms with Crippen molar-refractivity contribution in [3.05, 3.63) is 23.1 Å². The lowest BCUT2D eigenvalue weighted by Crippen LogP contribution is -2.20. The zero-order valence-corrected chi connectivity index (χ0v) is 8.16. The predicted molar refractivity (Wildman–Crippen MR) is 40.7 cm³/mol. The van der Waals surface area contributed by atoms with Crippen LogP contribution in [0.2, 0.25) is 0 Å². The summed E-state index contributed by atoms with van der Waals surface area (Å²) in [5.74, 6) is -3.77. The molecule has 0 radical (unpaired) electrons. The second-order valence-corrected chi connectivity index (χ2v) is 2.95. The van der Waals surface area contributed by atoms with Crippen molar-refractivity contribution >= 4 is 0 Å². The molecule has 0 aliphatic rings. The highest BCUT2D eigenvalue weighted by molar-refractivity contribution is 5.33. The fourth-order valence-corrected chi connectivity index (χ4v) is 1.03. The highest BCUT2D eigenvalue weighted by Gasteiger charge is 2.39. The molecule has 1 aromatic heterocycles. The van der Waals surface area contributed by atoms with Gasteiger partial charge in [-0.25, -0.2) is 13.8 Å². The SMILES string of the molecule is FCc1c(OC(F)(F)F)ncc(C(F)(F)F)c1F. The highest BCUT2D eigenvalue weighted by Crippen LogP contribution is 2.35. The van der Waals surface area contributed by atoms with Crippen LogP contribution in [0, 0.1) is 5.82 Å². The van der Waals surface area contributed by atoms with Crippen LogP contribution in [0.1, 0.15) is 11.1 Å². The molecule has 0 saturated carbocycles. The van der Waals surface area contributed by atoms with E-state index < -0.39 is 42.0 Å². The maximum atomic E-state index is 13.2. The van der Waals surface area contributed by atoms with E-state index in [1.165, 1.54) is 0 Å². The molecule has 0 saturated heterocycles. The Morgan fingerprint density at radius 2 is 1.67 bits per heavy atom. The van der Waals surface area contributed by atoms with Gasteiger partial charge in [0, 0.05) is 6.20 Å². The Balaban J connectivity index is 3.30. The molecular formula is C8H3F8NO. The molecule has 1 aromatic rings. The number of rotatable bonds is 2. The van der Waals surface area contributed by atoms with Crippen molar-refractivity contribution in [2.24, 2.45) is 0 Å². The van der Waals surface area contributed by atoms with E-state index in [-0.39, 0.29) is 6.20 Å². The Morgan fingerprint density at radius 1 is 1.11 bits per heavy atom. The van der Waals surface area contributed by atoms with Gasteiger partial charge in [0.15, 0.2) is 0 Å². The minimum absolute atomic E-state index is 0.199. The quantitative estimate of drug-likeness (QED) is 0.772. The van der Waals surface area contributed by atoms with Gasteiger partial charge in [-0.3, -0.25) is 0 Å². The van der Waals surface area contributed by atoms with E-state index in [1.807, 2.05) is 0 Å². The minimum Gasteiger partial charge on any atom is -0.387 e. The number of hydrogen-bond acceptors (Lipinski definition) is 2. The fourth-order valence-electron chi connectivity index (χ4n) is 1.03. The average Bonchev–Trinajstić information content (AvgIpc) is 2.13. The molecule has 10 heteroatoms. The summed E-state index contributed by atoms with van der Waals surface area (Å²) in [6.07, 6.45) is -10.7. The summed E-state index contributed by atoms with van der Waals surface area (Å²) in [4.78, 5) is 2.62. The number of ether oxygens (including phenoxy) is 1. The zero-order valence-electron chi connectivity index (χ0n) is 8.16. The Hall–Kier alpha value is -1.61. The summed E-state index contributed by atoms with van der Waals surface area (Å²) in [7, 11) is 0. The first-order valence-corrected chi connectivity index (χ1v) is 4.12. The maximum absolute atomic E-state index is 13.2. The molecule has 1 rings (SSSR count). The number of pyridine rings is 1. The summed E-state index contributed by atoms with van der Waals surface area (Å²) < 4.78 is 100. The smallest absolute Gasteiger partial charge is 0.387 e. The summed E-state index contributed by atoms with van der Waals surface area (Å²) >= 11 is 0. The van der Waals surface area contributed by atoms with Crippen LogP contribution >= 0.6 is 0 Å². The molecule has 102 valence electrons. The van der Waals surface area contributed by atoms with Crippen molar-refractivity contribution in [2.45, 2.75) is 19.2 Å². The summed E-state index contributed by atoms with van der Waals surface area (Å²) in [5, 5.41) is 0. The van der Waals surface area contributed by atoms with Crippen LogP contribution in [-0.4, -0.2) is 11.3 Å². The monoisotopic (exact) mass is 281 g/mol. The third-order valence-corrected chi connectivity index (χ3v) is 1.72. The predicted octanol–water partition coefficient (Wildman–Crippen LogP) is 3.61. The van der Waals surface area contributed by atoms with E-state index in [2.05, 4.69) is 9.72 Å². The Bertz CT molecular complexity index is 438. The molecule has 0 fully saturated rings. The maximum Gasteiger partial charge on any atom is 0.574 e. The second-order valence-electron chi connectivity index (χ2n) is 2.95. The van der Waals surface area contributed by atoms with Gasteiger partial charge in [-0.1, -0.05) is 0 Å². The average molecular weight is 281 g/mol. The molecule has 2 nitrogen and oxygen atoms in total. The number of halogens is 8. The zero-order chi connectivity index (χ0) is 14.1. The molecular weight excluding hydrogens is 278 g/mol. The largest absolute Gasteiger partial charge is 0.574 e. The number of alkyl halides is 7. The van der Waals surface area contributed by atoms with Gasteiger partial charge in [0.2, 0.25) is 5.88 Å². The van der Waals surface area contributed by atoms with E-state index in [0.717, 1.165) is 0 Å². The van der Waals surface area contributed by atoms with Gasteiger partial charge in [0.25, 0.3) is 0 Å². The van der Waals surface area contributed by atoms with Crippen molar-refractivity contribution in [3.63, 3.8) is 0 Å². The minimum atomic E-state index is -5.32. The van der Waals surface area contributed by atoms with Crippen LogP contribution in [0.25, 0.3) is 0 Å². The Labute approximate surface area is 94.2 Å². The fraction of sp³-hybridized carbons (Fsp3) is 0.375. The summed E-state index contributed by atoms with van der Waals surface area (Å²) in [6, 6.07) is 0. The van der Waals surface area contributed by atoms with E-state index in [0.29, 0.717) is 0 Å². The van der Waals surface area contributed by atoms with Gasteiger partial charge >= 0.3 is 12.5 Å². The topological polar surface area (TPSA) is 22.1 Å². The van der Waals surface area contributed by atoms with Crippen LogP contribution < -0.4 is 4.74 Å². The molecule has 0 spiro atoms. The van der Waals surface area contributed by atoms with E-state index >= 15 is 0 Å². The van der Waals surface area contributed by atoms with Gasteiger partial charge in [-0.05, 0) is 0 Å². The first kappa shape index (κ1) is 14.5. The number of aromatic nitrogens is 1. The van der Waals surface area contributed by atoms with Crippen molar-refractivity contribution in [3.8, 4) is 5.88 Å². The molecule has 0 amide bonds. The molecule has 0 bridgehead atoms. The van der Waals surface area contributed by atoms with Crippen LogP contribution in [0.5, 0.6) is 5.88 Å². The first-order chi connectivity index (χ1) is 8.06. The lowest BCUT2D eigenvalue weighted by Gasteiger charge is -2.14. The van der Waals surface area contributed by atoms with E-state index in [4.69, 9.17) is 0 Å². The molecule has 0 aliphatic carbocycles. The van der Waals surface area contributed by atoms with Gasteiger partial charge in [0.05, 0.1) is 5.56 Å². The Kier molecular flexibility index (Phi) is 3.67. The standard InChI is InChI=1S/C8H3F8NO/c9-1-3-5(10)4(7(11,12)13)2-17-6(3)18-8(14,15)16/h2H,1H2. The van der Waals surface area contributed by atoms with Crippen LogP contribution in [0.3, 0.4) is 0 Å². The number of nitrogens with zero attached hydrogens (tertiary/aromatic N) is 1. The van der Waals surface area contributed by atoms with Crippen LogP contribution in [0.15, 0.2) is 6.20 Å². The molecule has 18 heavy (non-hydrogen) atoms. The molecule has 1 heterocycles. The molecule has 0 N–H and O–H groups in total. The van der Waals surface area contributed by atoms with Crippen molar-refractivity contribution in [2.75, 3.05) is 0 Å². The van der Waals surface area contributed by atoms with Crippen molar-refractivity contribution in [1.82, 2.24) is 4.98 Å². The molecule has 0 aliphatic heterocycles. The molecule has 0 atom stereocenters. The lowest BCUT2D eigenvalue weighted by molar-refractivity contribution is -0.276. The molecule has 0 unspecified atom stereocenters. The lowest BCUT2D eigenvalue weighted by atomic mass is 10.2. The second kappa shape index (κ2) is 4.58. The van der Waals surface area contributed by atoms with Crippen molar-refractivity contribution in [1.29, 1.82) is 0 Å². The highest BCUT2D eigenvalue weighted by atomic mass is 19.4. The normalized spacial score (nSPS) is 12.7. The first-order valence-electron chi connectivity index (χ1n) is 4.12. The van der Waals surface area contributed by atoms with Crippen molar-refractivity contribution < 1.29 is 39.9 Å². The summed E-state index contributed by atoms with van der Waals surface area (Å²) in [6.45, 7) is -1.92. The number of hydrogen-bond donors (Lipinski definition) is 0. The van der Waals surface area contributed by atoms with Crippen LogP contribution in [0.4, 0.5) is 35.1 Å². The van der Waals surface area contributed by atoms with Gasteiger partial charge in [0.1, 0.15) is 18.1 Å². The van der Waals surface area contributed by atoms with Gasteiger partial charge < -0.3 is 4.74 Å². The van der Waals surface area contributed by atoms with Gasteiger partial charge in [-0.15, -0.1) is 13.2 Å². The summed E-state index contributed by atoms with van der Waals surface area (Å²) in [5.41, 5.74) is -3.51. The van der Waals surface area contributed by atoms with Gasteiger partial charge in [-0.2, -0.15) is 13.2 Å². The Morgan fingerprint density at radius 3 is 2.06 bits per heavy atom. The van der Waals surface area contributed by atoms with E-state index in [1.54, 1.807) is 0 Å². The van der Waals surface area contributed by atoms with Crippen LogP contribution in [-0.2, 0) is 12.9 Å². The molecule has 0 aromatic carbocycles.